The molecule has 0 aromatic heterocycles. The van der Waals surface area contributed by atoms with Crippen molar-refractivity contribution >= 4 is 9.84 Å². The summed E-state index contributed by atoms with van der Waals surface area (Å²) in [6.07, 6.45) is 3.35. The van der Waals surface area contributed by atoms with Crippen molar-refractivity contribution in [2.75, 3.05) is 11.5 Å². The van der Waals surface area contributed by atoms with Crippen LogP contribution in [0.5, 0.6) is 0 Å². The molecule has 0 radical (unpaired) electrons. The van der Waals surface area contributed by atoms with Gasteiger partial charge in [0.1, 0.15) is 9.84 Å². The first-order valence-electron chi connectivity index (χ1n) is 4.65. The maximum atomic E-state index is 11.2. The van der Waals surface area contributed by atoms with Gasteiger partial charge in [0.05, 0.1) is 17.2 Å². The van der Waals surface area contributed by atoms with Crippen LogP contribution in [0.2, 0.25) is 0 Å². The molecule has 0 heterocycles. The molecule has 0 amide bonds. The van der Waals surface area contributed by atoms with E-state index in [2.05, 4.69) is 6.07 Å². The Bertz CT molecular complexity index is 309. The van der Waals surface area contributed by atoms with Crippen LogP contribution in [-0.4, -0.2) is 19.9 Å². The maximum Gasteiger partial charge on any atom is 0.150 e. The number of nitrogens with zero attached hydrogens (tertiary/aromatic N) is 1. The van der Waals surface area contributed by atoms with Gasteiger partial charge in [-0.15, -0.1) is 0 Å². The van der Waals surface area contributed by atoms with Gasteiger partial charge in [-0.3, -0.25) is 0 Å². The summed E-state index contributed by atoms with van der Waals surface area (Å²) in [5.74, 6) is 0.367. The summed E-state index contributed by atoms with van der Waals surface area (Å²) in [6.45, 7) is 1.65. The summed E-state index contributed by atoms with van der Waals surface area (Å²) in [4.78, 5) is 0. The highest BCUT2D eigenvalue weighted by Crippen LogP contribution is 2.43. The van der Waals surface area contributed by atoms with Gasteiger partial charge in [-0.25, -0.2) is 8.42 Å². The fraction of sp³-hybridized carbons (Fsp3) is 0.889. The van der Waals surface area contributed by atoms with Crippen molar-refractivity contribution in [3.63, 3.8) is 0 Å². The quantitative estimate of drug-likeness (QED) is 0.692. The minimum Gasteiger partial charge on any atom is -0.229 e. The monoisotopic (exact) mass is 201 g/mol. The third-order valence-electron chi connectivity index (χ3n) is 2.88. The smallest absolute Gasteiger partial charge is 0.150 e. The zero-order valence-electron chi connectivity index (χ0n) is 7.91. The lowest BCUT2D eigenvalue weighted by Gasteiger charge is -2.34. The van der Waals surface area contributed by atoms with E-state index in [1.165, 1.54) is 0 Å². The highest BCUT2D eigenvalue weighted by molar-refractivity contribution is 7.91. The average molecular weight is 201 g/mol. The Labute approximate surface area is 79.7 Å². The van der Waals surface area contributed by atoms with E-state index >= 15 is 0 Å². The molecule has 0 saturated heterocycles. The molecule has 3 nitrogen and oxygen atoms in total. The Morgan fingerprint density at radius 1 is 1.46 bits per heavy atom. The van der Waals surface area contributed by atoms with Crippen LogP contribution in [-0.2, 0) is 9.84 Å². The van der Waals surface area contributed by atoms with Crippen molar-refractivity contribution in [1.82, 2.24) is 0 Å². The Balaban J connectivity index is 2.47. The van der Waals surface area contributed by atoms with Crippen LogP contribution in [0.15, 0.2) is 0 Å². The zero-order chi connectivity index (χ0) is 9.95. The maximum absolute atomic E-state index is 11.2. The van der Waals surface area contributed by atoms with Crippen molar-refractivity contribution in [3.8, 4) is 6.07 Å². The molecule has 0 unspecified atom stereocenters. The second-order valence-corrected chi connectivity index (χ2v) is 6.20. The topological polar surface area (TPSA) is 57.9 Å². The van der Waals surface area contributed by atoms with Crippen molar-refractivity contribution in [1.29, 1.82) is 5.26 Å². The molecule has 1 aliphatic carbocycles. The van der Waals surface area contributed by atoms with Crippen molar-refractivity contribution in [3.05, 3.63) is 0 Å². The molecule has 4 heteroatoms. The molecular weight excluding hydrogens is 186 g/mol. The molecule has 1 saturated carbocycles. The normalized spacial score (nSPS) is 20.3. The van der Waals surface area contributed by atoms with Crippen LogP contribution in [0.1, 0.15) is 32.6 Å². The molecule has 0 aliphatic heterocycles. The van der Waals surface area contributed by atoms with E-state index in [1.54, 1.807) is 6.92 Å². The first-order chi connectivity index (χ1) is 6.04. The summed E-state index contributed by atoms with van der Waals surface area (Å²) >= 11 is 0. The number of rotatable bonds is 4. The van der Waals surface area contributed by atoms with E-state index in [-0.39, 0.29) is 16.9 Å². The largest absolute Gasteiger partial charge is 0.229 e. The molecule has 0 atom stereocenters. The van der Waals surface area contributed by atoms with E-state index < -0.39 is 9.84 Å². The molecule has 0 aromatic rings. The van der Waals surface area contributed by atoms with Gasteiger partial charge in [-0.1, -0.05) is 13.3 Å². The lowest BCUT2D eigenvalue weighted by molar-refractivity contribution is 0.208. The average Bonchev–Trinajstić information content (AvgIpc) is 2.03. The van der Waals surface area contributed by atoms with Crippen LogP contribution in [0.3, 0.4) is 0 Å². The Kier molecular flexibility index (Phi) is 2.97. The minimum absolute atomic E-state index is 0.178. The molecule has 1 aliphatic rings. The van der Waals surface area contributed by atoms with Crippen LogP contribution in [0.25, 0.3) is 0 Å². The summed E-state index contributed by atoms with van der Waals surface area (Å²) < 4.78 is 22.4. The number of sulfone groups is 1. The van der Waals surface area contributed by atoms with Gasteiger partial charge in [0.2, 0.25) is 0 Å². The first kappa shape index (κ1) is 10.5. The summed E-state index contributed by atoms with van der Waals surface area (Å²) in [7, 11) is -2.89. The lowest BCUT2D eigenvalue weighted by Crippen LogP contribution is -2.30. The van der Waals surface area contributed by atoms with Crippen LogP contribution >= 0.6 is 0 Å². The molecule has 74 valence electrons. The molecule has 0 spiro atoms. The lowest BCUT2D eigenvalue weighted by atomic mass is 9.68. The number of hydrogen-bond donors (Lipinski definition) is 0. The second kappa shape index (κ2) is 3.67. The van der Waals surface area contributed by atoms with Gasteiger partial charge in [0.15, 0.2) is 0 Å². The molecular formula is C9H15NO2S. The molecule has 0 aromatic carbocycles. The number of hydrogen-bond acceptors (Lipinski definition) is 3. The van der Waals surface area contributed by atoms with Crippen LogP contribution in [0, 0.1) is 16.7 Å². The van der Waals surface area contributed by atoms with Gasteiger partial charge in [-0.05, 0) is 19.3 Å². The van der Waals surface area contributed by atoms with E-state index in [1.807, 2.05) is 0 Å². The molecule has 1 rings (SSSR count). The summed E-state index contributed by atoms with van der Waals surface area (Å²) in [5, 5.41) is 8.86. The van der Waals surface area contributed by atoms with Gasteiger partial charge >= 0.3 is 0 Å². The van der Waals surface area contributed by atoms with Gasteiger partial charge in [0.25, 0.3) is 0 Å². The fourth-order valence-electron chi connectivity index (χ4n) is 1.52. The standard InChI is InChI=1S/C9H15NO2S/c1-2-13(11,12)7-6-9(8-10)4-3-5-9/h2-7H2,1H3. The predicted molar refractivity (Wildman–Crippen MR) is 50.8 cm³/mol. The van der Waals surface area contributed by atoms with Crippen LogP contribution in [0.4, 0.5) is 0 Å². The summed E-state index contributed by atoms with van der Waals surface area (Å²) in [6, 6.07) is 2.25. The zero-order valence-corrected chi connectivity index (χ0v) is 8.73. The van der Waals surface area contributed by atoms with Crippen LogP contribution < -0.4 is 0 Å². The van der Waals surface area contributed by atoms with Gasteiger partial charge in [-0.2, -0.15) is 5.26 Å². The SMILES string of the molecule is CCS(=O)(=O)CCC1(C#N)CCC1. The van der Waals surface area contributed by atoms with Crippen molar-refractivity contribution in [2.24, 2.45) is 5.41 Å². The third kappa shape index (κ3) is 2.44. The second-order valence-electron chi connectivity index (χ2n) is 3.73. The van der Waals surface area contributed by atoms with Crippen molar-refractivity contribution in [2.45, 2.75) is 32.6 Å². The highest BCUT2D eigenvalue weighted by atomic mass is 32.2. The van der Waals surface area contributed by atoms with Gasteiger partial charge < -0.3 is 0 Å². The molecule has 0 N–H and O–H groups in total. The van der Waals surface area contributed by atoms with Gasteiger partial charge in [0, 0.05) is 5.75 Å². The minimum atomic E-state index is -2.89. The molecule has 1 fully saturated rings. The molecule has 0 bridgehead atoms. The van der Waals surface area contributed by atoms with E-state index in [4.69, 9.17) is 5.26 Å². The Morgan fingerprint density at radius 3 is 2.38 bits per heavy atom. The fourth-order valence-corrected chi connectivity index (χ4v) is 2.51. The van der Waals surface area contributed by atoms with Crippen molar-refractivity contribution < 1.29 is 8.42 Å². The third-order valence-corrected chi connectivity index (χ3v) is 4.59. The van der Waals surface area contributed by atoms with E-state index in [0.717, 1.165) is 19.3 Å². The highest BCUT2D eigenvalue weighted by Gasteiger charge is 2.37. The first-order valence-corrected chi connectivity index (χ1v) is 6.47. The van der Waals surface area contributed by atoms with E-state index in [9.17, 15) is 8.42 Å². The summed E-state index contributed by atoms with van der Waals surface area (Å²) in [5.41, 5.74) is -0.303. The predicted octanol–water partition coefficient (Wildman–Crippen LogP) is 1.51. The number of nitriles is 1. The molecule has 13 heavy (non-hydrogen) atoms. The Hall–Kier alpha value is -0.560. The Morgan fingerprint density at radius 2 is 2.08 bits per heavy atom. The van der Waals surface area contributed by atoms with E-state index in [0.29, 0.717) is 6.42 Å².